The van der Waals surface area contributed by atoms with Gasteiger partial charge in [-0.15, -0.1) is 11.3 Å². The topological polar surface area (TPSA) is 64.4 Å². The average molecular weight is 420 g/mol. The van der Waals surface area contributed by atoms with Crippen LogP contribution in [0.3, 0.4) is 0 Å². The molecule has 2 heterocycles. The average Bonchev–Trinajstić information content (AvgIpc) is 3.22. The fourth-order valence-electron chi connectivity index (χ4n) is 3.81. The number of aromatic nitrogens is 1. The van der Waals surface area contributed by atoms with Gasteiger partial charge in [0.15, 0.2) is 0 Å². The van der Waals surface area contributed by atoms with Crippen LogP contribution in [0.5, 0.6) is 0 Å². The minimum Gasteiger partial charge on any atom is -0.438 e. The molecule has 0 aliphatic rings. The first kappa shape index (κ1) is 17.9. The van der Waals surface area contributed by atoms with Gasteiger partial charge in [-0.1, -0.05) is 48.5 Å². The normalized spacial score (nSPS) is 12.2. The summed E-state index contributed by atoms with van der Waals surface area (Å²) in [5.74, 6) is 0. The van der Waals surface area contributed by atoms with E-state index in [0.717, 1.165) is 42.8 Å². The zero-order valence-corrected chi connectivity index (χ0v) is 17.3. The number of fused-ring (bicyclic) bond motifs is 4. The Kier molecular flexibility index (Phi) is 4.08. The zero-order chi connectivity index (χ0) is 20.8. The van der Waals surface area contributed by atoms with E-state index in [9.17, 15) is 0 Å². The van der Waals surface area contributed by atoms with Gasteiger partial charge in [0.2, 0.25) is 5.55 Å². The number of nitrogens with zero attached hydrogens (tertiary/aromatic N) is 2. The Morgan fingerprint density at radius 2 is 1.68 bits per heavy atom. The Morgan fingerprint density at radius 1 is 0.806 bits per heavy atom. The molecule has 4 nitrogen and oxygen atoms in total. The number of hydrogen-bond acceptors (Lipinski definition) is 5. The fourth-order valence-corrected chi connectivity index (χ4v) is 4.79. The second-order valence-corrected chi connectivity index (χ2v) is 8.39. The van der Waals surface area contributed by atoms with Crippen molar-refractivity contribution in [2.45, 2.75) is 0 Å². The van der Waals surface area contributed by atoms with Crippen LogP contribution >= 0.6 is 11.3 Å². The van der Waals surface area contributed by atoms with Crippen molar-refractivity contribution in [1.82, 2.24) is 4.98 Å². The minimum absolute atomic E-state index is 0.521. The molecule has 0 unspecified atom stereocenters. The van der Waals surface area contributed by atoms with E-state index in [2.05, 4.69) is 30.3 Å². The first-order valence-electron chi connectivity index (χ1n) is 9.96. The highest BCUT2D eigenvalue weighted by Gasteiger charge is 2.13. The highest BCUT2D eigenvalue weighted by molar-refractivity contribution is 7.21. The van der Waals surface area contributed by atoms with E-state index in [1.54, 1.807) is 11.3 Å². The van der Waals surface area contributed by atoms with Crippen LogP contribution in [0.1, 0.15) is 0 Å². The van der Waals surface area contributed by atoms with Gasteiger partial charge in [-0.3, -0.25) is 0 Å². The highest BCUT2D eigenvalue weighted by Crippen LogP contribution is 2.32. The van der Waals surface area contributed by atoms with E-state index >= 15 is 0 Å². The van der Waals surface area contributed by atoms with E-state index in [0.29, 0.717) is 11.2 Å². The Bertz CT molecular complexity index is 1630. The number of benzene rings is 4. The van der Waals surface area contributed by atoms with Crippen molar-refractivity contribution in [3.63, 3.8) is 0 Å². The van der Waals surface area contributed by atoms with Crippen LogP contribution in [0.2, 0.25) is 0 Å². The van der Waals surface area contributed by atoms with Crippen LogP contribution in [0.4, 0.5) is 11.4 Å². The molecule has 0 fully saturated rings. The summed E-state index contributed by atoms with van der Waals surface area (Å²) < 4.78 is 7.48. The molecule has 0 aliphatic heterocycles. The number of nitrogens with two attached hydrogens (primary N) is 1. The number of rotatable bonds is 2. The summed E-state index contributed by atoms with van der Waals surface area (Å²) in [4.78, 5) is 9.66. The molecule has 0 aliphatic carbocycles. The lowest BCUT2D eigenvalue weighted by Crippen LogP contribution is -2.05. The molecule has 6 aromatic rings. The summed E-state index contributed by atoms with van der Waals surface area (Å²) in [6.07, 6.45) is 0. The molecule has 0 atom stereocenters. The smallest absolute Gasteiger partial charge is 0.230 e. The van der Waals surface area contributed by atoms with Crippen molar-refractivity contribution in [2.24, 2.45) is 4.99 Å². The van der Waals surface area contributed by atoms with Gasteiger partial charge < -0.3 is 10.2 Å². The van der Waals surface area contributed by atoms with Crippen molar-refractivity contribution in [3.05, 3.63) is 96.5 Å². The number of hydrogen-bond donors (Lipinski definition) is 1. The highest BCUT2D eigenvalue weighted by atomic mass is 32.1. The van der Waals surface area contributed by atoms with Gasteiger partial charge in [-0.25, -0.2) is 9.98 Å². The molecule has 4 aromatic carbocycles. The molecule has 0 saturated heterocycles. The summed E-state index contributed by atoms with van der Waals surface area (Å²) >= 11 is 1.64. The van der Waals surface area contributed by atoms with Gasteiger partial charge >= 0.3 is 0 Å². The molecule has 0 saturated carbocycles. The van der Waals surface area contributed by atoms with Crippen LogP contribution in [-0.4, -0.2) is 4.98 Å². The molecule has 2 aromatic heterocycles. The second kappa shape index (κ2) is 7.07. The maximum absolute atomic E-state index is 6.35. The standard InChI is InChI=1S/C26H17N3OS/c27-17-7-5-8-18(14-17)28-25-21(26-29-22-10-3-4-11-24(22)31-26)15-20-19-9-2-1-6-16(19)12-13-23(20)30-25/h1-15H,27H2. The van der Waals surface area contributed by atoms with Crippen molar-refractivity contribution < 1.29 is 4.42 Å². The van der Waals surface area contributed by atoms with Crippen LogP contribution < -0.4 is 11.3 Å². The van der Waals surface area contributed by atoms with E-state index in [4.69, 9.17) is 20.1 Å². The third-order valence-electron chi connectivity index (χ3n) is 5.28. The van der Waals surface area contributed by atoms with Crippen LogP contribution in [-0.2, 0) is 0 Å². The van der Waals surface area contributed by atoms with Crippen molar-refractivity contribution >= 4 is 54.7 Å². The molecule has 6 rings (SSSR count). The lowest BCUT2D eigenvalue weighted by Gasteiger charge is -2.06. The molecule has 148 valence electrons. The van der Waals surface area contributed by atoms with E-state index < -0.39 is 0 Å². The Hall–Kier alpha value is -3.96. The number of thiazole rings is 1. The van der Waals surface area contributed by atoms with Crippen LogP contribution in [0, 0.1) is 0 Å². The first-order chi connectivity index (χ1) is 15.2. The SMILES string of the molecule is Nc1cccc(N=c2oc3ccc4ccccc4c3cc2-c2nc3ccccc3s2)c1. The molecule has 2 N–H and O–H groups in total. The number of anilines is 1. The van der Waals surface area contributed by atoms with Crippen molar-refractivity contribution in [2.75, 3.05) is 5.73 Å². The van der Waals surface area contributed by atoms with Gasteiger partial charge in [0.1, 0.15) is 10.6 Å². The number of nitrogen functional groups attached to an aromatic ring is 1. The molecule has 0 bridgehead atoms. The van der Waals surface area contributed by atoms with Crippen LogP contribution in [0.25, 0.3) is 42.5 Å². The first-order valence-corrected chi connectivity index (χ1v) is 10.8. The van der Waals surface area contributed by atoms with Gasteiger partial charge in [0.05, 0.1) is 21.5 Å². The summed E-state index contributed by atoms with van der Waals surface area (Å²) in [6, 6.07) is 30.1. The summed E-state index contributed by atoms with van der Waals surface area (Å²) in [7, 11) is 0. The number of para-hydroxylation sites is 1. The summed E-state index contributed by atoms with van der Waals surface area (Å²) in [5.41, 5.74) is 10.5. The second-order valence-electron chi connectivity index (χ2n) is 7.36. The quantitative estimate of drug-likeness (QED) is 0.252. The van der Waals surface area contributed by atoms with Crippen LogP contribution in [0.15, 0.2) is 100 Å². The van der Waals surface area contributed by atoms with E-state index in [-0.39, 0.29) is 0 Å². The largest absolute Gasteiger partial charge is 0.438 e. The van der Waals surface area contributed by atoms with Crippen molar-refractivity contribution in [1.29, 1.82) is 0 Å². The zero-order valence-electron chi connectivity index (χ0n) is 16.4. The third-order valence-corrected chi connectivity index (χ3v) is 6.35. The van der Waals surface area contributed by atoms with Gasteiger partial charge in [0.25, 0.3) is 0 Å². The van der Waals surface area contributed by atoms with Crippen molar-refractivity contribution in [3.8, 4) is 10.6 Å². The molecule has 0 spiro atoms. The summed E-state index contributed by atoms with van der Waals surface area (Å²) in [5, 5.41) is 4.23. The fraction of sp³-hybridized carbons (Fsp3) is 0. The molecule has 31 heavy (non-hydrogen) atoms. The van der Waals surface area contributed by atoms with E-state index in [1.165, 1.54) is 5.39 Å². The molecule has 5 heteroatoms. The van der Waals surface area contributed by atoms with E-state index in [1.807, 2.05) is 60.7 Å². The Labute approximate surface area is 181 Å². The van der Waals surface area contributed by atoms with Gasteiger partial charge in [0, 0.05) is 11.1 Å². The third kappa shape index (κ3) is 3.16. The summed E-state index contributed by atoms with van der Waals surface area (Å²) in [6.45, 7) is 0. The minimum atomic E-state index is 0.521. The maximum Gasteiger partial charge on any atom is 0.230 e. The lowest BCUT2D eigenvalue weighted by molar-refractivity contribution is 0.548. The molecular formula is C26H17N3OS. The van der Waals surface area contributed by atoms with Gasteiger partial charge in [-0.2, -0.15) is 0 Å². The molecule has 0 radical (unpaired) electrons. The lowest BCUT2D eigenvalue weighted by atomic mass is 10.0. The Balaban J connectivity index is 1.71. The maximum atomic E-state index is 6.35. The monoisotopic (exact) mass is 419 g/mol. The predicted octanol–water partition coefficient (Wildman–Crippen LogP) is 6.68. The Morgan fingerprint density at radius 3 is 2.58 bits per heavy atom. The molecule has 0 amide bonds. The van der Waals surface area contributed by atoms with Gasteiger partial charge in [-0.05, 0) is 53.2 Å². The predicted molar refractivity (Wildman–Crippen MR) is 128 cm³/mol. The molecular weight excluding hydrogens is 402 g/mol.